The third kappa shape index (κ3) is 2.68. The molecule has 8 heteroatoms. The Bertz CT molecular complexity index is 1060. The predicted octanol–water partition coefficient (Wildman–Crippen LogP) is 2.78. The Morgan fingerprint density at radius 2 is 1.92 bits per heavy atom. The molecule has 5 rings (SSSR count). The van der Waals surface area contributed by atoms with E-state index in [0.29, 0.717) is 5.92 Å². The van der Waals surface area contributed by atoms with E-state index in [0.717, 1.165) is 65.2 Å². The maximum Gasteiger partial charge on any atom is 0.160 e. The second-order valence-electron chi connectivity index (χ2n) is 6.94. The summed E-state index contributed by atoms with van der Waals surface area (Å²) in [6.07, 6.45) is 5.75. The smallest absolute Gasteiger partial charge is 0.160 e. The average molecular weight is 348 g/mol. The van der Waals surface area contributed by atoms with Crippen molar-refractivity contribution in [3.63, 3.8) is 0 Å². The number of H-pyrrole nitrogens is 2. The van der Waals surface area contributed by atoms with Gasteiger partial charge in [-0.25, -0.2) is 9.97 Å². The van der Waals surface area contributed by atoms with Crippen LogP contribution in [0, 0.1) is 0 Å². The monoisotopic (exact) mass is 348 g/mol. The Hall–Kier alpha value is -3.00. The number of fused-ring (bicyclic) bond motifs is 2. The number of aromatic nitrogens is 6. The van der Waals surface area contributed by atoms with Crippen molar-refractivity contribution >= 4 is 33.4 Å². The predicted molar refractivity (Wildman–Crippen MR) is 101 cm³/mol. The molecule has 0 radical (unpaired) electrons. The maximum atomic E-state index is 4.85. The summed E-state index contributed by atoms with van der Waals surface area (Å²) in [5.74, 6) is 2.06. The van der Waals surface area contributed by atoms with Gasteiger partial charge >= 0.3 is 0 Å². The molecule has 0 aliphatic carbocycles. The van der Waals surface area contributed by atoms with E-state index in [9.17, 15) is 0 Å². The van der Waals surface area contributed by atoms with Crippen LogP contribution >= 0.6 is 0 Å². The van der Waals surface area contributed by atoms with Crippen molar-refractivity contribution in [2.75, 3.05) is 25.5 Å². The highest BCUT2D eigenvalue weighted by Crippen LogP contribution is 2.30. The van der Waals surface area contributed by atoms with Gasteiger partial charge in [-0.3, -0.25) is 10.2 Å². The Labute approximate surface area is 150 Å². The van der Waals surface area contributed by atoms with Gasteiger partial charge in [0.15, 0.2) is 5.82 Å². The first-order valence-corrected chi connectivity index (χ1v) is 8.86. The number of hydrogen-bond donors (Lipinski definition) is 3. The number of hydrogen-bond acceptors (Lipinski definition) is 6. The van der Waals surface area contributed by atoms with Crippen LogP contribution in [-0.4, -0.2) is 55.4 Å². The highest BCUT2D eigenvalue weighted by atomic mass is 15.2. The quantitative estimate of drug-likeness (QED) is 0.527. The van der Waals surface area contributed by atoms with Gasteiger partial charge in [-0.05, 0) is 51.2 Å². The molecule has 0 spiro atoms. The van der Waals surface area contributed by atoms with E-state index in [-0.39, 0.29) is 0 Å². The molecule has 8 nitrogen and oxygen atoms in total. The van der Waals surface area contributed by atoms with Gasteiger partial charge < -0.3 is 10.2 Å². The SMILES string of the molecule is CN1CCC(c2nc(Nc3ccc4[nH]ncc4c3)c3[nH]ncc3n2)CC1. The van der Waals surface area contributed by atoms with Crippen molar-refractivity contribution in [3.8, 4) is 0 Å². The highest BCUT2D eigenvalue weighted by molar-refractivity contribution is 5.89. The van der Waals surface area contributed by atoms with E-state index in [2.05, 4.69) is 43.7 Å². The molecule has 0 unspecified atom stereocenters. The molecule has 4 aromatic rings. The second-order valence-corrected chi connectivity index (χ2v) is 6.94. The Kier molecular flexibility index (Phi) is 3.56. The zero-order valence-corrected chi connectivity index (χ0v) is 14.5. The van der Waals surface area contributed by atoms with Crippen molar-refractivity contribution < 1.29 is 0 Å². The van der Waals surface area contributed by atoms with Crippen molar-refractivity contribution in [2.24, 2.45) is 0 Å². The van der Waals surface area contributed by atoms with Crippen molar-refractivity contribution in [1.82, 2.24) is 35.3 Å². The molecule has 1 saturated heterocycles. The van der Waals surface area contributed by atoms with E-state index in [4.69, 9.17) is 9.97 Å². The normalized spacial score (nSPS) is 16.5. The Morgan fingerprint density at radius 3 is 2.81 bits per heavy atom. The van der Waals surface area contributed by atoms with Crippen molar-refractivity contribution in [3.05, 3.63) is 36.4 Å². The molecule has 0 saturated carbocycles. The van der Waals surface area contributed by atoms with Gasteiger partial charge in [0.2, 0.25) is 0 Å². The zero-order valence-electron chi connectivity index (χ0n) is 14.5. The third-order valence-electron chi connectivity index (χ3n) is 5.10. The van der Waals surface area contributed by atoms with Crippen LogP contribution in [0.5, 0.6) is 0 Å². The van der Waals surface area contributed by atoms with E-state index in [1.54, 1.807) is 6.20 Å². The van der Waals surface area contributed by atoms with Gasteiger partial charge in [-0.2, -0.15) is 10.2 Å². The topological polar surface area (TPSA) is 98.4 Å². The molecule has 1 fully saturated rings. The Balaban J connectivity index is 1.52. The molecule has 3 N–H and O–H groups in total. The largest absolute Gasteiger partial charge is 0.338 e. The average Bonchev–Trinajstić information content (AvgIpc) is 3.30. The maximum absolute atomic E-state index is 4.85. The fraction of sp³-hybridized carbons (Fsp3) is 0.333. The molecule has 0 bridgehead atoms. The molecular weight excluding hydrogens is 328 g/mol. The number of anilines is 2. The summed E-state index contributed by atoms with van der Waals surface area (Å²) in [7, 11) is 2.16. The van der Waals surface area contributed by atoms with E-state index in [1.165, 1.54) is 0 Å². The van der Waals surface area contributed by atoms with Crippen LogP contribution in [-0.2, 0) is 0 Å². The standard InChI is InChI=1S/C18H20N8/c1-26-6-4-11(5-7-26)17-22-15-10-20-25-16(15)18(23-17)21-13-2-3-14-12(8-13)9-19-24-14/h2-3,8-11H,4-7H2,1H3,(H,19,24)(H,20,25)(H,21,22,23). The lowest BCUT2D eigenvalue weighted by Gasteiger charge is -2.28. The van der Waals surface area contributed by atoms with Gasteiger partial charge in [0.25, 0.3) is 0 Å². The number of likely N-dealkylation sites (tertiary alicyclic amines) is 1. The first-order chi connectivity index (χ1) is 12.8. The van der Waals surface area contributed by atoms with Crippen LogP contribution in [0.15, 0.2) is 30.6 Å². The van der Waals surface area contributed by atoms with Crippen LogP contribution in [0.3, 0.4) is 0 Å². The van der Waals surface area contributed by atoms with Crippen LogP contribution in [0.1, 0.15) is 24.6 Å². The van der Waals surface area contributed by atoms with Gasteiger partial charge in [-0.1, -0.05) is 0 Å². The number of piperidine rings is 1. The summed E-state index contributed by atoms with van der Waals surface area (Å²) in [5, 5.41) is 18.7. The fourth-order valence-electron chi connectivity index (χ4n) is 3.55. The molecule has 26 heavy (non-hydrogen) atoms. The molecule has 1 aliphatic heterocycles. The number of rotatable bonds is 3. The van der Waals surface area contributed by atoms with Crippen LogP contribution in [0.25, 0.3) is 21.9 Å². The molecule has 3 aromatic heterocycles. The molecule has 0 atom stereocenters. The summed E-state index contributed by atoms with van der Waals surface area (Å²) in [6.45, 7) is 2.16. The summed E-state index contributed by atoms with van der Waals surface area (Å²) >= 11 is 0. The minimum Gasteiger partial charge on any atom is -0.338 e. The summed E-state index contributed by atoms with van der Waals surface area (Å²) in [4.78, 5) is 12.0. The third-order valence-corrected chi connectivity index (χ3v) is 5.10. The summed E-state index contributed by atoms with van der Waals surface area (Å²) in [5.41, 5.74) is 3.65. The lowest BCUT2D eigenvalue weighted by molar-refractivity contribution is 0.251. The summed E-state index contributed by atoms with van der Waals surface area (Å²) < 4.78 is 0. The minimum atomic E-state index is 0.391. The van der Waals surface area contributed by atoms with Gasteiger partial charge in [0.05, 0.1) is 17.9 Å². The molecule has 4 heterocycles. The Morgan fingerprint density at radius 1 is 1.08 bits per heavy atom. The van der Waals surface area contributed by atoms with Crippen LogP contribution < -0.4 is 5.32 Å². The van der Waals surface area contributed by atoms with E-state index < -0.39 is 0 Å². The highest BCUT2D eigenvalue weighted by Gasteiger charge is 2.22. The fourth-order valence-corrected chi connectivity index (χ4v) is 3.55. The van der Waals surface area contributed by atoms with E-state index in [1.807, 2.05) is 18.3 Å². The minimum absolute atomic E-state index is 0.391. The molecule has 1 aromatic carbocycles. The lowest BCUT2D eigenvalue weighted by atomic mass is 9.96. The van der Waals surface area contributed by atoms with Gasteiger partial charge in [0.1, 0.15) is 16.9 Å². The summed E-state index contributed by atoms with van der Waals surface area (Å²) in [6, 6.07) is 6.08. The van der Waals surface area contributed by atoms with Gasteiger partial charge in [0, 0.05) is 17.0 Å². The first-order valence-electron chi connectivity index (χ1n) is 8.86. The van der Waals surface area contributed by atoms with Crippen molar-refractivity contribution in [1.29, 1.82) is 0 Å². The molecule has 1 aliphatic rings. The second kappa shape index (κ2) is 6.06. The molecular formula is C18H20N8. The van der Waals surface area contributed by atoms with Crippen molar-refractivity contribution in [2.45, 2.75) is 18.8 Å². The van der Waals surface area contributed by atoms with E-state index >= 15 is 0 Å². The molecule has 132 valence electrons. The number of nitrogens with one attached hydrogen (secondary N) is 3. The lowest BCUT2D eigenvalue weighted by Crippen LogP contribution is -2.30. The first kappa shape index (κ1) is 15.3. The number of aromatic amines is 2. The zero-order chi connectivity index (χ0) is 17.5. The number of nitrogens with zero attached hydrogens (tertiary/aromatic N) is 5. The molecule has 0 amide bonds. The van der Waals surface area contributed by atoms with Crippen LogP contribution in [0.2, 0.25) is 0 Å². The van der Waals surface area contributed by atoms with Gasteiger partial charge in [-0.15, -0.1) is 0 Å². The number of benzene rings is 1. The van der Waals surface area contributed by atoms with Crippen LogP contribution in [0.4, 0.5) is 11.5 Å².